The Labute approximate surface area is 155 Å². The number of hydrogen-bond acceptors (Lipinski definition) is 4. The number of primary amides is 1. The van der Waals surface area contributed by atoms with Crippen LogP contribution < -0.4 is 5.73 Å². The standard InChI is InChI=1S/C18H17ClN4OS/c1-11-6-7-12(2)15(8-11)23-17(13-4-3-5-14(19)9-13)21-22-18(23)25-10-16(20)24/h3-9H,10H2,1-2H3,(H2,20,24). The van der Waals surface area contributed by atoms with E-state index in [4.69, 9.17) is 17.3 Å². The van der Waals surface area contributed by atoms with Gasteiger partial charge < -0.3 is 5.73 Å². The molecule has 0 spiro atoms. The zero-order chi connectivity index (χ0) is 18.0. The molecule has 25 heavy (non-hydrogen) atoms. The summed E-state index contributed by atoms with van der Waals surface area (Å²) in [6, 6.07) is 13.6. The van der Waals surface area contributed by atoms with Crippen molar-refractivity contribution in [2.45, 2.75) is 19.0 Å². The van der Waals surface area contributed by atoms with Crippen LogP contribution >= 0.6 is 23.4 Å². The van der Waals surface area contributed by atoms with Crippen LogP contribution in [0, 0.1) is 13.8 Å². The summed E-state index contributed by atoms with van der Waals surface area (Å²) in [6.07, 6.45) is 0. The predicted octanol–water partition coefficient (Wildman–Crippen LogP) is 3.78. The van der Waals surface area contributed by atoms with Gasteiger partial charge >= 0.3 is 0 Å². The highest BCUT2D eigenvalue weighted by molar-refractivity contribution is 7.99. The van der Waals surface area contributed by atoms with Gasteiger partial charge in [-0.1, -0.05) is 47.6 Å². The maximum Gasteiger partial charge on any atom is 0.227 e. The molecule has 1 aromatic heterocycles. The molecule has 0 aliphatic carbocycles. The molecule has 0 radical (unpaired) electrons. The van der Waals surface area contributed by atoms with Gasteiger partial charge in [-0.15, -0.1) is 10.2 Å². The monoisotopic (exact) mass is 372 g/mol. The number of halogens is 1. The molecule has 0 aliphatic rings. The fraction of sp³-hybridized carbons (Fsp3) is 0.167. The first kappa shape index (κ1) is 17.5. The number of thioether (sulfide) groups is 1. The van der Waals surface area contributed by atoms with Crippen LogP contribution in [0.15, 0.2) is 47.6 Å². The normalized spacial score (nSPS) is 10.8. The number of hydrogen-bond donors (Lipinski definition) is 1. The van der Waals surface area contributed by atoms with E-state index in [1.54, 1.807) is 0 Å². The van der Waals surface area contributed by atoms with Crippen LogP contribution in [0.5, 0.6) is 0 Å². The molecule has 0 fully saturated rings. The highest BCUT2D eigenvalue weighted by atomic mass is 35.5. The molecule has 0 saturated carbocycles. The number of nitrogens with zero attached hydrogens (tertiary/aromatic N) is 3. The lowest BCUT2D eigenvalue weighted by Gasteiger charge is -2.13. The average Bonchev–Trinajstić information content (AvgIpc) is 2.99. The summed E-state index contributed by atoms with van der Waals surface area (Å²) in [5.41, 5.74) is 9.31. The Bertz CT molecular complexity index is 939. The summed E-state index contributed by atoms with van der Waals surface area (Å²) in [5.74, 6) is 0.409. The summed E-state index contributed by atoms with van der Waals surface area (Å²) in [7, 11) is 0. The third kappa shape index (κ3) is 3.86. The van der Waals surface area contributed by atoms with Crippen LogP contribution in [0.3, 0.4) is 0 Å². The van der Waals surface area contributed by atoms with E-state index in [0.717, 1.165) is 22.4 Å². The quantitative estimate of drug-likeness (QED) is 0.691. The van der Waals surface area contributed by atoms with Crippen molar-refractivity contribution in [1.29, 1.82) is 0 Å². The molecule has 0 atom stereocenters. The average molecular weight is 373 g/mol. The van der Waals surface area contributed by atoms with E-state index in [-0.39, 0.29) is 5.75 Å². The fourth-order valence-electron chi connectivity index (χ4n) is 2.49. The molecule has 1 amide bonds. The van der Waals surface area contributed by atoms with Crippen molar-refractivity contribution in [2.24, 2.45) is 5.73 Å². The van der Waals surface area contributed by atoms with Crippen LogP contribution in [0.2, 0.25) is 5.02 Å². The minimum absolute atomic E-state index is 0.137. The first-order chi connectivity index (χ1) is 12.0. The van der Waals surface area contributed by atoms with Crippen LogP contribution in [0.1, 0.15) is 11.1 Å². The molecule has 0 unspecified atom stereocenters. The summed E-state index contributed by atoms with van der Waals surface area (Å²) >= 11 is 7.40. The lowest BCUT2D eigenvalue weighted by atomic mass is 10.1. The molecule has 1 heterocycles. The van der Waals surface area contributed by atoms with Crippen LogP contribution in [0.25, 0.3) is 17.1 Å². The second kappa shape index (κ2) is 7.29. The number of aryl methyl sites for hydroxylation is 2. The molecule has 3 aromatic rings. The van der Waals surface area contributed by atoms with Crippen molar-refractivity contribution < 1.29 is 4.79 Å². The Balaban J connectivity index is 2.19. The topological polar surface area (TPSA) is 73.8 Å². The summed E-state index contributed by atoms with van der Waals surface area (Å²) in [6.45, 7) is 4.06. The summed E-state index contributed by atoms with van der Waals surface area (Å²) in [4.78, 5) is 11.2. The number of nitrogens with two attached hydrogens (primary N) is 1. The Hall–Kier alpha value is -2.31. The van der Waals surface area contributed by atoms with E-state index in [9.17, 15) is 4.79 Å². The van der Waals surface area contributed by atoms with Crippen molar-refractivity contribution in [3.05, 3.63) is 58.6 Å². The van der Waals surface area contributed by atoms with Crippen molar-refractivity contribution >= 4 is 29.3 Å². The third-order valence-electron chi connectivity index (χ3n) is 3.67. The second-order valence-corrected chi connectivity index (χ2v) is 7.08. The van der Waals surface area contributed by atoms with Crippen LogP contribution in [-0.2, 0) is 4.79 Å². The third-order valence-corrected chi connectivity index (χ3v) is 4.85. The smallest absolute Gasteiger partial charge is 0.227 e. The molecule has 0 bridgehead atoms. The molecule has 2 aromatic carbocycles. The van der Waals surface area contributed by atoms with E-state index < -0.39 is 5.91 Å². The van der Waals surface area contributed by atoms with E-state index in [0.29, 0.717) is 16.0 Å². The Morgan fingerprint density at radius 1 is 1.20 bits per heavy atom. The Morgan fingerprint density at radius 3 is 2.72 bits per heavy atom. The molecule has 5 nitrogen and oxygen atoms in total. The summed E-state index contributed by atoms with van der Waals surface area (Å²) in [5, 5.41) is 9.84. The molecule has 0 aliphatic heterocycles. The van der Waals surface area contributed by atoms with Gasteiger partial charge in [-0.3, -0.25) is 9.36 Å². The number of carbonyl (C=O) groups is 1. The van der Waals surface area contributed by atoms with Crippen molar-refractivity contribution in [2.75, 3.05) is 5.75 Å². The number of amides is 1. The molecule has 3 rings (SSSR count). The summed E-state index contributed by atoms with van der Waals surface area (Å²) < 4.78 is 1.95. The van der Waals surface area contributed by atoms with Gasteiger partial charge in [-0.05, 0) is 43.2 Å². The van der Waals surface area contributed by atoms with Crippen molar-refractivity contribution in [3.63, 3.8) is 0 Å². The first-order valence-electron chi connectivity index (χ1n) is 7.66. The van der Waals surface area contributed by atoms with Gasteiger partial charge in [0.1, 0.15) is 0 Å². The lowest BCUT2D eigenvalue weighted by molar-refractivity contribution is -0.115. The first-order valence-corrected chi connectivity index (χ1v) is 9.02. The zero-order valence-electron chi connectivity index (χ0n) is 13.9. The van der Waals surface area contributed by atoms with Crippen molar-refractivity contribution in [1.82, 2.24) is 14.8 Å². The van der Waals surface area contributed by atoms with Gasteiger partial charge in [-0.25, -0.2) is 0 Å². The minimum atomic E-state index is -0.398. The molecule has 0 saturated heterocycles. The minimum Gasteiger partial charge on any atom is -0.369 e. The van der Waals surface area contributed by atoms with Crippen molar-refractivity contribution in [3.8, 4) is 17.1 Å². The highest BCUT2D eigenvalue weighted by Crippen LogP contribution is 2.30. The fourth-order valence-corrected chi connectivity index (χ4v) is 3.37. The zero-order valence-corrected chi connectivity index (χ0v) is 15.4. The van der Waals surface area contributed by atoms with E-state index in [1.165, 1.54) is 11.8 Å². The SMILES string of the molecule is Cc1ccc(C)c(-n2c(SCC(N)=O)nnc2-c2cccc(Cl)c2)c1. The Kier molecular flexibility index (Phi) is 5.11. The maximum absolute atomic E-state index is 11.2. The van der Waals surface area contributed by atoms with Crippen LogP contribution in [0.4, 0.5) is 0 Å². The number of carbonyl (C=O) groups excluding carboxylic acids is 1. The molecule has 128 valence electrons. The van der Waals surface area contributed by atoms with E-state index in [2.05, 4.69) is 28.4 Å². The predicted molar refractivity (Wildman–Crippen MR) is 101 cm³/mol. The van der Waals surface area contributed by atoms with Gasteiger partial charge in [0.2, 0.25) is 5.91 Å². The number of aromatic nitrogens is 3. The van der Waals surface area contributed by atoms with Gasteiger partial charge in [0.05, 0.1) is 11.4 Å². The molecular formula is C18H17ClN4OS. The number of rotatable bonds is 5. The maximum atomic E-state index is 11.2. The lowest BCUT2D eigenvalue weighted by Crippen LogP contribution is -2.14. The van der Waals surface area contributed by atoms with Gasteiger partial charge in [0.15, 0.2) is 11.0 Å². The molecule has 2 N–H and O–H groups in total. The number of benzene rings is 2. The van der Waals surface area contributed by atoms with Gasteiger partial charge in [-0.2, -0.15) is 0 Å². The van der Waals surface area contributed by atoms with E-state index >= 15 is 0 Å². The van der Waals surface area contributed by atoms with Gasteiger partial charge in [0.25, 0.3) is 0 Å². The second-order valence-electron chi connectivity index (χ2n) is 5.70. The largest absolute Gasteiger partial charge is 0.369 e. The molecule has 7 heteroatoms. The highest BCUT2D eigenvalue weighted by Gasteiger charge is 2.18. The Morgan fingerprint density at radius 2 is 2.00 bits per heavy atom. The van der Waals surface area contributed by atoms with E-state index in [1.807, 2.05) is 42.7 Å². The van der Waals surface area contributed by atoms with Gasteiger partial charge in [0, 0.05) is 10.6 Å². The van der Waals surface area contributed by atoms with Crippen LogP contribution in [-0.4, -0.2) is 26.4 Å². The molecular weight excluding hydrogens is 356 g/mol.